The molecule has 5 nitrogen and oxygen atoms in total. The SMILES string of the molecule is CC(C)C[C@H](CN)CC(=O)N1CCC[C@@H](C(=O)O)C1. The van der Waals surface area contributed by atoms with Gasteiger partial charge in [-0.1, -0.05) is 13.8 Å². The molecule has 1 aliphatic heterocycles. The fourth-order valence-corrected chi connectivity index (χ4v) is 2.71. The van der Waals surface area contributed by atoms with Crippen molar-refractivity contribution in [3.05, 3.63) is 0 Å². The number of carboxylic acids is 1. The maximum Gasteiger partial charge on any atom is 0.308 e. The number of nitrogens with zero attached hydrogens (tertiary/aromatic N) is 1. The molecule has 5 heteroatoms. The highest BCUT2D eigenvalue weighted by Gasteiger charge is 2.28. The number of rotatable bonds is 6. The highest BCUT2D eigenvalue weighted by molar-refractivity contribution is 5.78. The van der Waals surface area contributed by atoms with E-state index in [0.717, 1.165) is 12.8 Å². The second-order valence-electron chi connectivity index (χ2n) is 5.95. The Balaban J connectivity index is 2.49. The fourth-order valence-electron chi connectivity index (χ4n) is 2.71. The molecule has 19 heavy (non-hydrogen) atoms. The zero-order valence-electron chi connectivity index (χ0n) is 12.0. The quantitative estimate of drug-likeness (QED) is 0.762. The third kappa shape index (κ3) is 5.19. The molecule has 1 aliphatic rings. The number of hydrogen-bond donors (Lipinski definition) is 2. The largest absolute Gasteiger partial charge is 0.481 e. The van der Waals surface area contributed by atoms with E-state index in [4.69, 9.17) is 10.8 Å². The molecule has 0 spiro atoms. The van der Waals surface area contributed by atoms with Crippen molar-refractivity contribution in [1.82, 2.24) is 4.90 Å². The van der Waals surface area contributed by atoms with E-state index >= 15 is 0 Å². The van der Waals surface area contributed by atoms with Crippen molar-refractivity contribution in [2.75, 3.05) is 19.6 Å². The highest BCUT2D eigenvalue weighted by Crippen LogP contribution is 2.20. The van der Waals surface area contributed by atoms with E-state index < -0.39 is 11.9 Å². The summed E-state index contributed by atoms with van der Waals surface area (Å²) in [6.07, 6.45) is 2.84. The molecule has 0 aromatic rings. The van der Waals surface area contributed by atoms with Crippen LogP contribution in [0.3, 0.4) is 0 Å². The molecule has 110 valence electrons. The molecule has 3 N–H and O–H groups in total. The van der Waals surface area contributed by atoms with Crippen LogP contribution in [-0.4, -0.2) is 41.5 Å². The normalized spacial score (nSPS) is 21.5. The molecular weight excluding hydrogens is 244 g/mol. The van der Waals surface area contributed by atoms with Gasteiger partial charge in [0, 0.05) is 19.5 Å². The van der Waals surface area contributed by atoms with Gasteiger partial charge in [0.05, 0.1) is 5.92 Å². The van der Waals surface area contributed by atoms with Crippen molar-refractivity contribution in [1.29, 1.82) is 0 Å². The fraction of sp³-hybridized carbons (Fsp3) is 0.857. The number of likely N-dealkylation sites (tertiary alicyclic amines) is 1. The van der Waals surface area contributed by atoms with Crippen molar-refractivity contribution in [2.24, 2.45) is 23.5 Å². The molecule has 0 aromatic heterocycles. The number of carbonyl (C=O) groups is 2. The zero-order valence-corrected chi connectivity index (χ0v) is 12.0. The molecule has 0 aromatic carbocycles. The van der Waals surface area contributed by atoms with Crippen LogP contribution >= 0.6 is 0 Å². The lowest BCUT2D eigenvalue weighted by atomic mass is 9.92. The van der Waals surface area contributed by atoms with Crippen LogP contribution < -0.4 is 5.73 Å². The van der Waals surface area contributed by atoms with Crippen molar-refractivity contribution in [3.63, 3.8) is 0 Å². The first-order valence-corrected chi connectivity index (χ1v) is 7.14. The Kier molecular flexibility index (Phi) is 6.28. The smallest absolute Gasteiger partial charge is 0.308 e. The first-order chi connectivity index (χ1) is 8.93. The molecule has 1 rings (SSSR count). The summed E-state index contributed by atoms with van der Waals surface area (Å²) < 4.78 is 0. The maximum absolute atomic E-state index is 12.2. The number of hydrogen-bond acceptors (Lipinski definition) is 3. The Morgan fingerprint density at radius 1 is 1.42 bits per heavy atom. The number of carbonyl (C=O) groups excluding carboxylic acids is 1. The van der Waals surface area contributed by atoms with Crippen molar-refractivity contribution in [3.8, 4) is 0 Å². The number of piperidine rings is 1. The molecule has 1 amide bonds. The van der Waals surface area contributed by atoms with Crippen molar-refractivity contribution >= 4 is 11.9 Å². The lowest BCUT2D eigenvalue weighted by Crippen LogP contribution is -2.43. The minimum atomic E-state index is -0.796. The van der Waals surface area contributed by atoms with E-state index in [0.29, 0.717) is 38.4 Å². The lowest BCUT2D eigenvalue weighted by Gasteiger charge is -2.32. The zero-order chi connectivity index (χ0) is 14.4. The molecule has 1 fully saturated rings. The Morgan fingerprint density at radius 3 is 2.63 bits per heavy atom. The van der Waals surface area contributed by atoms with Crippen LogP contribution in [0.15, 0.2) is 0 Å². The predicted octanol–water partition coefficient (Wildman–Crippen LogP) is 1.32. The summed E-state index contributed by atoms with van der Waals surface area (Å²) in [5.41, 5.74) is 5.71. The van der Waals surface area contributed by atoms with Gasteiger partial charge < -0.3 is 15.7 Å². The maximum atomic E-state index is 12.2. The molecule has 1 saturated heterocycles. The van der Waals surface area contributed by atoms with Gasteiger partial charge in [-0.2, -0.15) is 0 Å². The number of aliphatic carboxylic acids is 1. The minimum absolute atomic E-state index is 0.0575. The van der Waals surface area contributed by atoms with E-state index in [1.165, 1.54) is 0 Å². The number of carboxylic acid groups (broad SMARTS) is 1. The van der Waals surface area contributed by atoms with Gasteiger partial charge in [0.2, 0.25) is 5.91 Å². The lowest BCUT2D eigenvalue weighted by molar-refractivity contribution is -0.145. The van der Waals surface area contributed by atoms with Gasteiger partial charge in [-0.3, -0.25) is 9.59 Å². The average molecular weight is 270 g/mol. The van der Waals surface area contributed by atoms with E-state index in [9.17, 15) is 9.59 Å². The van der Waals surface area contributed by atoms with Gasteiger partial charge in [-0.05, 0) is 37.6 Å². The standard InChI is InChI=1S/C14H26N2O3/c1-10(2)6-11(8-15)7-13(17)16-5-3-4-12(9-16)14(18)19/h10-12H,3-9,15H2,1-2H3,(H,18,19)/t11-,12+/m0/s1. The van der Waals surface area contributed by atoms with Crippen LogP contribution in [-0.2, 0) is 9.59 Å². The molecular formula is C14H26N2O3. The summed E-state index contributed by atoms with van der Waals surface area (Å²) in [6.45, 7) is 5.79. The van der Waals surface area contributed by atoms with E-state index in [1.54, 1.807) is 4.90 Å². The second kappa shape index (κ2) is 7.48. The Bertz CT molecular complexity index is 318. The van der Waals surface area contributed by atoms with Crippen LogP contribution in [0.2, 0.25) is 0 Å². The monoisotopic (exact) mass is 270 g/mol. The van der Waals surface area contributed by atoms with E-state index in [-0.39, 0.29) is 11.8 Å². The molecule has 0 radical (unpaired) electrons. The van der Waals surface area contributed by atoms with Crippen LogP contribution in [0, 0.1) is 17.8 Å². The van der Waals surface area contributed by atoms with E-state index in [1.807, 2.05) is 0 Å². The van der Waals surface area contributed by atoms with Crippen LogP contribution in [0.4, 0.5) is 0 Å². The predicted molar refractivity (Wildman–Crippen MR) is 73.6 cm³/mol. The van der Waals surface area contributed by atoms with Crippen LogP contribution in [0.5, 0.6) is 0 Å². The third-order valence-electron chi connectivity index (χ3n) is 3.72. The van der Waals surface area contributed by atoms with Gasteiger partial charge in [-0.25, -0.2) is 0 Å². The Hall–Kier alpha value is -1.10. The molecule has 0 saturated carbocycles. The summed E-state index contributed by atoms with van der Waals surface area (Å²) in [5.74, 6) is -0.414. The number of nitrogens with two attached hydrogens (primary N) is 1. The van der Waals surface area contributed by atoms with Gasteiger partial charge in [0.15, 0.2) is 0 Å². The minimum Gasteiger partial charge on any atom is -0.481 e. The first-order valence-electron chi connectivity index (χ1n) is 7.14. The Labute approximate surface area is 115 Å². The van der Waals surface area contributed by atoms with Crippen LogP contribution in [0.25, 0.3) is 0 Å². The summed E-state index contributed by atoms with van der Waals surface area (Å²) in [4.78, 5) is 24.9. The summed E-state index contributed by atoms with van der Waals surface area (Å²) in [7, 11) is 0. The molecule has 2 atom stereocenters. The summed E-state index contributed by atoms with van der Waals surface area (Å²) >= 11 is 0. The van der Waals surface area contributed by atoms with Gasteiger partial charge in [-0.15, -0.1) is 0 Å². The van der Waals surface area contributed by atoms with Crippen LogP contribution in [0.1, 0.15) is 39.5 Å². The summed E-state index contributed by atoms with van der Waals surface area (Å²) in [5, 5.41) is 9.03. The first kappa shape index (κ1) is 16.0. The van der Waals surface area contributed by atoms with E-state index in [2.05, 4.69) is 13.8 Å². The topological polar surface area (TPSA) is 83.6 Å². The number of amides is 1. The molecule has 1 heterocycles. The highest BCUT2D eigenvalue weighted by atomic mass is 16.4. The molecule has 0 bridgehead atoms. The van der Waals surface area contributed by atoms with Gasteiger partial charge >= 0.3 is 5.97 Å². The third-order valence-corrected chi connectivity index (χ3v) is 3.72. The van der Waals surface area contributed by atoms with Crippen molar-refractivity contribution < 1.29 is 14.7 Å². The van der Waals surface area contributed by atoms with Gasteiger partial charge in [0.25, 0.3) is 0 Å². The van der Waals surface area contributed by atoms with Crippen molar-refractivity contribution in [2.45, 2.75) is 39.5 Å². The molecule has 0 aliphatic carbocycles. The Morgan fingerprint density at radius 2 is 2.11 bits per heavy atom. The van der Waals surface area contributed by atoms with Gasteiger partial charge in [0.1, 0.15) is 0 Å². The summed E-state index contributed by atoms with van der Waals surface area (Å²) in [6, 6.07) is 0. The average Bonchev–Trinajstić information content (AvgIpc) is 2.37. The molecule has 0 unspecified atom stereocenters. The second-order valence-corrected chi connectivity index (χ2v) is 5.95.